The third-order valence-corrected chi connectivity index (χ3v) is 5.13. The minimum Gasteiger partial charge on any atom is -0.340 e. The molecule has 0 bridgehead atoms. The van der Waals surface area contributed by atoms with Crippen molar-refractivity contribution in [2.45, 2.75) is 25.7 Å². The molecule has 3 rings (SSSR count). The number of aryl methyl sites for hydroxylation is 1. The van der Waals surface area contributed by atoms with Crippen molar-refractivity contribution in [3.63, 3.8) is 0 Å². The van der Waals surface area contributed by atoms with E-state index >= 15 is 0 Å². The quantitative estimate of drug-likeness (QED) is 0.375. The van der Waals surface area contributed by atoms with Gasteiger partial charge in [-0.15, -0.1) is 0 Å². The van der Waals surface area contributed by atoms with Gasteiger partial charge in [0.25, 0.3) is 0 Å². The Kier molecular flexibility index (Phi) is 6.47. The number of benzene rings is 2. The molecule has 0 aliphatic carbocycles. The standard InChI is InChI=1S/C22H23N5O3S/c1-14(2)10-20(28)16-6-4-7-17(11-16)25-21-15(3)13-24-22(27-21)26-18-8-5-9-19(12-18)31(23,29)30/h4-13H,1-3H3,(H2,23,29,30)(H2,24,25,26,27). The number of anilines is 4. The normalized spacial score (nSPS) is 11.0. The van der Waals surface area contributed by atoms with E-state index in [-0.39, 0.29) is 16.6 Å². The van der Waals surface area contributed by atoms with Crippen LogP contribution in [0.5, 0.6) is 0 Å². The highest BCUT2D eigenvalue weighted by Gasteiger charge is 2.10. The third-order valence-electron chi connectivity index (χ3n) is 4.22. The van der Waals surface area contributed by atoms with E-state index in [1.54, 1.807) is 42.6 Å². The van der Waals surface area contributed by atoms with Crippen molar-refractivity contribution in [3.8, 4) is 0 Å². The average Bonchev–Trinajstić information content (AvgIpc) is 2.70. The Labute approximate surface area is 181 Å². The number of rotatable bonds is 7. The lowest BCUT2D eigenvalue weighted by Gasteiger charge is -2.12. The van der Waals surface area contributed by atoms with Crippen LogP contribution in [0.25, 0.3) is 0 Å². The molecule has 31 heavy (non-hydrogen) atoms. The van der Waals surface area contributed by atoms with Gasteiger partial charge in [0.15, 0.2) is 5.78 Å². The Balaban J connectivity index is 1.84. The van der Waals surface area contributed by atoms with E-state index in [2.05, 4.69) is 20.6 Å². The highest BCUT2D eigenvalue weighted by atomic mass is 32.2. The zero-order valence-electron chi connectivity index (χ0n) is 17.4. The van der Waals surface area contributed by atoms with E-state index in [1.165, 1.54) is 12.1 Å². The summed E-state index contributed by atoms with van der Waals surface area (Å²) in [5.74, 6) is 0.753. The molecule has 8 nitrogen and oxygen atoms in total. The fourth-order valence-corrected chi connectivity index (χ4v) is 3.30. The predicted octanol–water partition coefficient (Wildman–Crippen LogP) is 4.07. The smallest absolute Gasteiger partial charge is 0.238 e. The Morgan fingerprint density at radius 1 is 1.03 bits per heavy atom. The van der Waals surface area contributed by atoms with Crippen molar-refractivity contribution >= 4 is 38.9 Å². The molecule has 3 aromatic rings. The summed E-state index contributed by atoms with van der Waals surface area (Å²) >= 11 is 0. The number of allylic oxidation sites excluding steroid dienone is 2. The number of hydrogen-bond acceptors (Lipinski definition) is 7. The molecule has 0 saturated heterocycles. The van der Waals surface area contributed by atoms with Crippen LogP contribution >= 0.6 is 0 Å². The first kappa shape index (κ1) is 22.1. The zero-order chi connectivity index (χ0) is 22.6. The third kappa shape index (κ3) is 5.97. The SMILES string of the molecule is CC(C)=CC(=O)c1cccc(Nc2nc(Nc3cccc(S(N)(=O)=O)c3)ncc2C)c1. The number of primary sulfonamides is 1. The van der Waals surface area contributed by atoms with E-state index in [4.69, 9.17) is 5.14 Å². The van der Waals surface area contributed by atoms with Crippen molar-refractivity contribution in [3.05, 3.63) is 77.5 Å². The van der Waals surface area contributed by atoms with E-state index in [1.807, 2.05) is 26.8 Å². The van der Waals surface area contributed by atoms with Gasteiger partial charge in [-0.05, 0) is 57.2 Å². The molecule has 2 aromatic carbocycles. The maximum Gasteiger partial charge on any atom is 0.238 e. The van der Waals surface area contributed by atoms with E-state index in [0.717, 1.165) is 11.1 Å². The second-order valence-corrected chi connectivity index (χ2v) is 8.78. The predicted molar refractivity (Wildman–Crippen MR) is 121 cm³/mol. The molecule has 1 aromatic heterocycles. The lowest BCUT2D eigenvalue weighted by atomic mass is 10.1. The van der Waals surface area contributed by atoms with Crippen LogP contribution in [-0.4, -0.2) is 24.2 Å². The van der Waals surface area contributed by atoms with Crippen LogP contribution in [0.2, 0.25) is 0 Å². The lowest BCUT2D eigenvalue weighted by molar-refractivity contribution is 0.104. The molecule has 0 fully saturated rings. The van der Waals surface area contributed by atoms with Crippen molar-refractivity contribution in [1.29, 1.82) is 0 Å². The highest BCUT2D eigenvalue weighted by Crippen LogP contribution is 2.23. The molecule has 0 aliphatic heterocycles. The first-order valence-corrected chi connectivity index (χ1v) is 11.0. The van der Waals surface area contributed by atoms with Crippen LogP contribution in [0.4, 0.5) is 23.1 Å². The summed E-state index contributed by atoms with van der Waals surface area (Å²) in [7, 11) is -3.82. The fraction of sp³-hybridized carbons (Fsp3) is 0.136. The second kappa shape index (κ2) is 9.07. The average molecular weight is 438 g/mol. The molecule has 9 heteroatoms. The van der Waals surface area contributed by atoms with Crippen LogP contribution in [0.3, 0.4) is 0 Å². The first-order chi connectivity index (χ1) is 14.6. The van der Waals surface area contributed by atoms with E-state index in [9.17, 15) is 13.2 Å². The van der Waals surface area contributed by atoms with E-state index < -0.39 is 10.0 Å². The van der Waals surface area contributed by atoms with Crippen molar-refractivity contribution < 1.29 is 13.2 Å². The minimum absolute atomic E-state index is 0.0131. The Hall–Kier alpha value is -3.56. The molecule has 0 spiro atoms. The molecule has 0 amide bonds. The Morgan fingerprint density at radius 3 is 2.39 bits per heavy atom. The van der Waals surface area contributed by atoms with Gasteiger partial charge in [0.05, 0.1) is 4.90 Å². The number of carbonyl (C=O) groups excluding carboxylic acids is 1. The van der Waals surface area contributed by atoms with E-state index in [0.29, 0.717) is 22.8 Å². The van der Waals surface area contributed by atoms with Gasteiger partial charge >= 0.3 is 0 Å². The van der Waals surface area contributed by atoms with Gasteiger partial charge < -0.3 is 10.6 Å². The van der Waals surface area contributed by atoms with Gasteiger partial charge in [0.2, 0.25) is 16.0 Å². The number of carbonyl (C=O) groups is 1. The Bertz CT molecular complexity index is 1270. The number of aromatic nitrogens is 2. The monoisotopic (exact) mass is 437 g/mol. The maximum absolute atomic E-state index is 12.3. The zero-order valence-corrected chi connectivity index (χ0v) is 18.2. The number of nitrogens with two attached hydrogens (primary N) is 1. The van der Waals surface area contributed by atoms with Gasteiger partial charge in [0.1, 0.15) is 5.82 Å². The molecular weight excluding hydrogens is 414 g/mol. The van der Waals surface area contributed by atoms with Crippen LogP contribution in [0.15, 0.2) is 71.3 Å². The summed E-state index contributed by atoms with van der Waals surface area (Å²) in [6, 6.07) is 13.2. The number of sulfonamides is 1. The number of hydrogen-bond donors (Lipinski definition) is 3. The van der Waals surface area contributed by atoms with Crippen LogP contribution in [0, 0.1) is 6.92 Å². The summed E-state index contributed by atoms with van der Waals surface area (Å²) in [5.41, 5.74) is 3.48. The molecule has 1 heterocycles. The number of ketones is 1. The summed E-state index contributed by atoms with van der Waals surface area (Å²) < 4.78 is 23.1. The molecule has 0 saturated carbocycles. The van der Waals surface area contributed by atoms with Gasteiger partial charge in [-0.2, -0.15) is 4.98 Å². The molecule has 0 aliphatic rings. The topological polar surface area (TPSA) is 127 Å². The summed E-state index contributed by atoms with van der Waals surface area (Å²) in [5, 5.41) is 11.4. The second-order valence-electron chi connectivity index (χ2n) is 7.21. The minimum atomic E-state index is -3.82. The summed E-state index contributed by atoms with van der Waals surface area (Å²) in [4.78, 5) is 21.0. The maximum atomic E-state index is 12.3. The largest absolute Gasteiger partial charge is 0.340 e. The van der Waals surface area contributed by atoms with Gasteiger partial charge in [-0.1, -0.05) is 23.8 Å². The number of nitrogens with one attached hydrogen (secondary N) is 2. The first-order valence-electron chi connectivity index (χ1n) is 9.42. The van der Waals surface area contributed by atoms with Crippen LogP contribution in [0.1, 0.15) is 29.8 Å². The molecule has 0 atom stereocenters. The van der Waals surface area contributed by atoms with Crippen LogP contribution in [-0.2, 0) is 10.0 Å². The summed E-state index contributed by atoms with van der Waals surface area (Å²) in [6.45, 7) is 5.60. The van der Waals surface area contributed by atoms with Gasteiger partial charge in [-0.25, -0.2) is 18.5 Å². The molecular formula is C22H23N5O3S. The Morgan fingerprint density at radius 2 is 1.71 bits per heavy atom. The molecule has 160 valence electrons. The number of nitrogens with zero attached hydrogens (tertiary/aromatic N) is 2. The van der Waals surface area contributed by atoms with Crippen molar-refractivity contribution in [1.82, 2.24) is 9.97 Å². The molecule has 0 radical (unpaired) electrons. The highest BCUT2D eigenvalue weighted by molar-refractivity contribution is 7.89. The summed E-state index contributed by atoms with van der Waals surface area (Å²) in [6.07, 6.45) is 3.23. The lowest BCUT2D eigenvalue weighted by Crippen LogP contribution is -2.12. The van der Waals surface area contributed by atoms with Crippen molar-refractivity contribution in [2.24, 2.45) is 5.14 Å². The molecule has 0 unspecified atom stereocenters. The molecule has 4 N–H and O–H groups in total. The van der Waals surface area contributed by atoms with Gasteiger partial charge in [0, 0.05) is 28.7 Å². The van der Waals surface area contributed by atoms with Crippen molar-refractivity contribution in [2.75, 3.05) is 10.6 Å². The van der Waals surface area contributed by atoms with Crippen LogP contribution < -0.4 is 15.8 Å². The fourth-order valence-electron chi connectivity index (χ4n) is 2.74. The van der Waals surface area contributed by atoms with Gasteiger partial charge in [-0.3, -0.25) is 4.79 Å².